The number of carbonyl (C=O) groups excluding carboxylic acids is 1. The van der Waals surface area contributed by atoms with E-state index < -0.39 is 4.92 Å². The predicted octanol–water partition coefficient (Wildman–Crippen LogP) is 4.34. The molecule has 1 N–H and O–H groups in total. The van der Waals surface area contributed by atoms with Crippen LogP contribution >= 0.6 is 15.9 Å². The number of nitrogens with zero attached hydrogens (tertiary/aromatic N) is 1. The van der Waals surface area contributed by atoms with Crippen LogP contribution in [-0.2, 0) is 11.3 Å². The van der Waals surface area contributed by atoms with Gasteiger partial charge in [0.15, 0.2) is 0 Å². The zero-order valence-corrected chi connectivity index (χ0v) is 15.8. The number of hydrogen-bond donors (Lipinski definition) is 1. The summed E-state index contributed by atoms with van der Waals surface area (Å²) in [6, 6.07) is 6.37. The van der Waals surface area contributed by atoms with Crippen LogP contribution in [0.3, 0.4) is 0 Å². The van der Waals surface area contributed by atoms with Crippen molar-refractivity contribution in [1.29, 1.82) is 0 Å². The molecular formula is C19H23BrN2O3. The Bertz CT molecular complexity index is 689. The van der Waals surface area contributed by atoms with Crippen LogP contribution in [0.4, 0.5) is 5.69 Å². The van der Waals surface area contributed by atoms with Crippen LogP contribution in [-0.4, -0.2) is 15.2 Å². The van der Waals surface area contributed by atoms with Crippen molar-refractivity contribution in [2.45, 2.75) is 55.8 Å². The quantitative estimate of drug-likeness (QED) is 0.449. The molecule has 4 aliphatic rings. The van der Waals surface area contributed by atoms with Gasteiger partial charge in [0.1, 0.15) is 0 Å². The molecule has 5 nitrogen and oxygen atoms in total. The van der Waals surface area contributed by atoms with Crippen molar-refractivity contribution < 1.29 is 9.72 Å². The average Bonchev–Trinajstić information content (AvgIpc) is 2.50. The zero-order chi connectivity index (χ0) is 17.7. The molecule has 1 aromatic carbocycles. The van der Waals surface area contributed by atoms with E-state index in [2.05, 4.69) is 21.2 Å². The number of benzene rings is 1. The fraction of sp³-hybridized carbons (Fsp3) is 0.632. The Kier molecular flexibility index (Phi) is 4.13. The molecule has 1 aromatic rings. The molecule has 0 radical (unpaired) electrons. The molecule has 4 bridgehead atoms. The maximum absolute atomic E-state index is 12.5. The van der Waals surface area contributed by atoms with Gasteiger partial charge in [0, 0.05) is 29.4 Å². The molecule has 25 heavy (non-hydrogen) atoms. The molecule has 2 atom stereocenters. The Balaban J connectivity index is 1.35. The summed E-state index contributed by atoms with van der Waals surface area (Å²) in [4.78, 5) is 22.8. The van der Waals surface area contributed by atoms with Crippen molar-refractivity contribution in [3.05, 3.63) is 39.9 Å². The monoisotopic (exact) mass is 406 g/mol. The summed E-state index contributed by atoms with van der Waals surface area (Å²) in [6.45, 7) is 0.430. The second-order valence-electron chi connectivity index (χ2n) is 8.49. The Morgan fingerprint density at radius 2 is 1.84 bits per heavy atom. The highest BCUT2D eigenvalue weighted by Crippen LogP contribution is 2.65. The first-order valence-corrected chi connectivity index (χ1v) is 9.83. The number of rotatable bonds is 5. The molecule has 0 spiro atoms. The van der Waals surface area contributed by atoms with Crippen molar-refractivity contribution in [1.82, 2.24) is 5.32 Å². The van der Waals surface area contributed by atoms with E-state index in [-0.39, 0.29) is 21.3 Å². The number of carbonyl (C=O) groups is 1. The molecule has 0 aliphatic heterocycles. The fourth-order valence-corrected chi connectivity index (χ4v) is 7.39. The van der Waals surface area contributed by atoms with Gasteiger partial charge in [-0.05, 0) is 61.3 Å². The van der Waals surface area contributed by atoms with Gasteiger partial charge in [0.05, 0.1) is 4.92 Å². The molecule has 1 amide bonds. The number of nitrogens with one attached hydrogen (secondary N) is 1. The van der Waals surface area contributed by atoms with Crippen LogP contribution in [0.1, 0.15) is 50.5 Å². The highest BCUT2D eigenvalue weighted by molar-refractivity contribution is 9.10. The first-order chi connectivity index (χ1) is 11.8. The lowest BCUT2D eigenvalue weighted by Gasteiger charge is -2.60. The number of halogens is 1. The third kappa shape index (κ3) is 3.46. The molecule has 0 heterocycles. The summed E-state index contributed by atoms with van der Waals surface area (Å²) >= 11 is 3.99. The molecule has 0 saturated heterocycles. The smallest absolute Gasteiger partial charge is 0.269 e. The van der Waals surface area contributed by atoms with Gasteiger partial charge in [-0.2, -0.15) is 0 Å². The Hall–Kier alpha value is -1.43. The SMILES string of the molecule is O=C(CC12CC3CC(CC(Br)(C3)C1)C2)NCc1ccc([N+](=O)[O-])cc1. The largest absolute Gasteiger partial charge is 0.352 e. The van der Waals surface area contributed by atoms with Crippen LogP contribution in [0.25, 0.3) is 0 Å². The predicted molar refractivity (Wildman–Crippen MR) is 98.3 cm³/mol. The summed E-state index contributed by atoms with van der Waals surface area (Å²) in [5, 5.41) is 13.7. The van der Waals surface area contributed by atoms with Gasteiger partial charge in [-0.25, -0.2) is 0 Å². The van der Waals surface area contributed by atoms with Crippen LogP contribution < -0.4 is 5.32 Å². The highest BCUT2D eigenvalue weighted by Gasteiger charge is 2.57. The molecule has 0 aromatic heterocycles. The average molecular weight is 407 g/mol. The maximum Gasteiger partial charge on any atom is 0.269 e. The molecule has 2 unspecified atom stereocenters. The lowest BCUT2D eigenvalue weighted by atomic mass is 9.48. The number of hydrogen-bond acceptors (Lipinski definition) is 3. The third-order valence-corrected chi connectivity index (χ3v) is 7.21. The zero-order valence-electron chi connectivity index (χ0n) is 14.2. The standard InChI is InChI=1S/C19H23BrN2O3/c20-19-8-14-5-15(9-19)7-18(6-14,12-19)10-17(23)21-11-13-1-3-16(4-2-13)22(24)25/h1-4,14-15H,5-12H2,(H,21,23). The summed E-state index contributed by atoms with van der Waals surface area (Å²) in [6.07, 6.45) is 8.02. The summed E-state index contributed by atoms with van der Waals surface area (Å²) < 4.78 is 0.274. The summed E-state index contributed by atoms with van der Waals surface area (Å²) in [7, 11) is 0. The molecule has 134 valence electrons. The van der Waals surface area contributed by atoms with Gasteiger partial charge in [-0.15, -0.1) is 0 Å². The van der Waals surface area contributed by atoms with Gasteiger partial charge in [0.2, 0.25) is 5.91 Å². The number of non-ortho nitro benzene ring substituents is 1. The van der Waals surface area contributed by atoms with Crippen molar-refractivity contribution in [3.8, 4) is 0 Å². The van der Waals surface area contributed by atoms with E-state index in [9.17, 15) is 14.9 Å². The fourth-order valence-electron chi connectivity index (χ4n) is 5.88. The first-order valence-electron chi connectivity index (χ1n) is 9.04. The Morgan fingerprint density at radius 3 is 2.40 bits per heavy atom. The van der Waals surface area contributed by atoms with E-state index >= 15 is 0 Å². The van der Waals surface area contributed by atoms with Crippen LogP contribution in [0.5, 0.6) is 0 Å². The second kappa shape index (κ2) is 6.08. The molecular weight excluding hydrogens is 384 g/mol. The van der Waals surface area contributed by atoms with E-state index in [1.807, 2.05) is 0 Å². The van der Waals surface area contributed by atoms with Gasteiger partial charge >= 0.3 is 0 Å². The van der Waals surface area contributed by atoms with Gasteiger partial charge < -0.3 is 5.32 Å². The van der Waals surface area contributed by atoms with E-state index in [4.69, 9.17) is 0 Å². The first kappa shape index (κ1) is 17.0. The minimum atomic E-state index is -0.411. The number of alkyl halides is 1. The lowest BCUT2D eigenvalue weighted by Crippen LogP contribution is -2.54. The topological polar surface area (TPSA) is 72.2 Å². The Morgan fingerprint density at radius 1 is 1.20 bits per heavy atom. The maximum atomic E-state index is 12.5. The van der Waals surface area contributed by atoms with Crippen molar-refractivity contribution in [3.63, 3.8) is 0 Å². The lowest BCUT2D eigenvalue weighted by molar-refractivity contribution is -0.384. The van der Waals surface area contributed by atoms with E-state index in [0.717, 1.165) is 23.8 Å². The van der Waals surface area contributed by atoms with E-state index in [0.29, 0.717) is 13.0 Å². The number of amides is 1. The summed E-state index contributed by atoms with van der Waals surface area (Å²) in [5.41, 5.74) is 1.14. The molecule has 5 rings (SSSR count). The van der Waals surface area contributed by atoms with Crippen molar-refractivity contribution in [2.24, 2.45) is 17.3 Å². The van der Waals surface area contributed by atoms with Crippen LogP contribution in [0.15, 0.2) is 24.3 Å². The van der Waals surface area contributed by atoms with Gasteiger partial charge in [-0.3, -0.25) is 14.9 Å². The molecule has 4 fully saturated rings. The Labute approximate surface area is 155 Å². The molecule has 4 aliphatic carbocycles. The normalized spacial score (nSPS) is 35.6. The second-order valence-corrected chi connectivity index (χ2v) is 10.2. The number of nitro benzene ring substituents is 1. The molecule has 6 heteroatoms. The van der Waals surface area contributed by atoms with Crippen LogP contribution in [0.2, 0.25) is 0 Å². The van der Waals surface area contributed by atoms with Gasteiger partial charge in [0.25, 0.3) is 5.69 Å². The van der Waals surface area contributed by atoms with Crippen molar-refractivity contribution in [2.75, 3.05) is 0 Å². The van der Waals surface area contributed by atoms with Crippen molar-refractivity contribution >= 4 is 27.5 Å². The van der Waals surface area contributed by atoms with Gasteiger partial charge in [-0.1, -0.05) is 28.1 Å². The molecule has 4 saturated carbocycles. The highest BCUT2D eigenvalue weighted by atomic mass is 79.9. The minimum absolute atomic E-state index is 0.0752. The van der Waals surface area contributed by atoms with E-state index in [1.54, 1.807) is 12.1 Å². The number of nitro groups is 1. The van der Waals surface area contributed by atoms with E-state index in [1.165, 1.54) is 44.2 Å². The third-order valence-electron chi connectivity index (χ3n) is 6.28. The van der Waals surface area contributed by atoms with Crippen LogP contribution in [0, 0.1) is 27.4 Å². The summed E-state index contributed by atoms with van der Waals surface area (Å²) in [5.74, 6) is 1.67. The minimum Gasteiger partial charge on any atom is -0.352 e.